The molecule has 4 rings (SSSR count). The highest BCUT2D eigenvalue weighted by molar-refractivity contribution is 5.97. The van der Waals surface area contributed by atoms with Crippen molar-refractivity contribution in [1.29, 1.82) is 0 Å². The number of carbonyl (C=O) groups excluding carboxylic acids is 1. The molecule has 162 valence electrons. The Morgan fingerprint density at radius 1 is 0.906 bits per heavy atom. The van der Waals surface area contributed by atoms with Crippen molar-refractivity contribution in [3.8, 4) is 23.0 Å². The van der Waals surface area contributed by atoms with Crippen molar-refractivity contribution in [3.63, 3.8) is 0 Å². The molecule has 0 bridgehead atoms. The Hall–Kier alpha value is -3.86. The van der Waals surface area contributed by atoms with Crippen molar-refractivity contribution in [2.75, 3.05) is 0 Å². The predicted molar refractivity (Wildman–Crippen MR) is 123 cm³/mol. The van der Waals surface area contributed by atoms with E-state index in [1.807, 2.05) is 80.6 Å². The molecule has 5 nitrogen and oxygen atoms in total. The highest BCUT2D eigenvalue weighted by atomic mass is 16.5. The van der Waals surface area contributed by atoms with Crippen LogP contribution < -0.4 is 9.47 Å². The summed E-state index contributed by atoms with van der Waals surface area (Å²) in [5, 5.41) is 0. The molecule has 0 unspecified atom stereocenters. The lowest BCUT2D eigenvalue weighted by Crippen LogP contribution is -2.06. The van der Waals surface area contributed by atoms with Crippen LogP contribution in [0.3, 0.4) is 0 Å². The van der Waals surface area contributed by atoms with E-state index in [1.165, 1.54) is 0 Å². The minimum atomic E-state index is 0.0384. The lowest BCUT2D eigenvalue weighted by molar-refractivity contribution is 0.101. The second-order valence-electron chi connectivity index (χ2n) is 7.73. The van der Waals surface area contributed by atoms with Crippen LogP contribution >= 0.6 is 0 Å². The predicted octanol–water partition coefficient (Wildman–Crippen LogP) is 6.32. The zero-order valence-corrected chi connectivity index (χ0v) is 18.4. The van der Waals surface area contributed by atoms with Gasteiger partial charge in [-0.05, 0) is 50.6 Å². The van der Waals surface area contributed by atoms with Crippen LogP contribution in [-0.4, -0.2) is 10.8 Å². The van der Waals surface area contributed by atoms with Crippen LogP contribution in [0.4, 0.5) is 0 Å². The SMILES string of the molecule is CC(=O)c1c(C)cccc1COc1cccc(OCc2coc(-c3cccc(C)c3)n2)c1. The molecule has 1 heterocycles. The molecule has 0 radical (unpaired) electrons. The molecular formula is C27H25NO4. The summed E-state index contributed by atoms with van der Waals surface area (Å²) < 4.78 is 17.4. The second kappa shape index (κ2) is 9.52. The quantitative estimate of drug-likeness (QED) is 0.308. The van der Waals surface area contributed by atoms with Crippen LogP contribution in [0.2, 0.25) is 0 Å². The van der Waals surface area contributed by atoms with E-state index in [9.17, 15) is 4.79 Å². The van der Waals surface area contributed by atoms with E-state index in [1.54, 1.807) is 13.2 Å². The summed E-state index contributed by atoms with van der Waals surface area (Å²) in [5.41, 5.74) is 5.33. The summed E-state index contributed by atoms with van der Waals surface area (Å²) in [5.74, 6) is 1.94. The molecule has 3 aromatic carbocycles. The molecule has 0 aliphatic carbocycles. The summed E-state index contributed by atoms with van der Waals surface area (Å²) in [4.78, 5) is 16.5. The van der Waals surface area contributed by atoms with Gasteiger partial charge in [0.2, 0.25) is 5.89 Å². The fraction of sp³-hybridized carbons (Fsp3) is 0.185. The van der Waals surface area contributed by atoms with Gasteiger partial charge in [-0.15, -0.1) is 0 Å². The molecule has 0 fully saturated rings. The van der Waals surface area contributed by atoms with Gasteiger partial charge in [0.25, 0.3) is 0 Å². The van der Waals surface area contributed by atoms with Crippen LogP contribution in [0.15, 0.2) is 77.4 Å². The van der Waals surface area contributed by atoms with Crippen molar-refractivity contribution in [2.45, 2.75) is 34.0 Å². The Labute approximate surface area is 187 Å². The smallest absolute Gasteiger partial charge is 0.226 e. The first kappa shape index (κ1) is 21.4. The van der Waals surface area contributed by atoms with E-state index in [-0.39, 0.29) is 12.4 Å². The number of ether oxygens (including phenoxy) is 2. The molecule has 0 aliphatic rings. The highest BCUT2D eigenvalue weighted by Crippen LogP contribution is 2.24. The minimum absolute atomic E-state index is 0.0384. The van der Waals surface area contributed by atoms with Crippen LogP contribution in [0.25, 0.3) is 11.5 Å². The van der Waals surface area contributed by atoms with E-state index < -0.39 is 0 Å². The number of carbonyl (C=O) groups is 1. The molecule has 0 aliphatic heterocycles. The number of aromatic nitrogens is 1. The summed E-state index contributed by atoms with van der Waals surface area (Å²) in [6, 6.07) is 21.2. The first-order chi connectivity index (χ1) is 15.5. The lowest BCUT2D eigenvalue weighted by atomic mass is 9.99. The number of benzene rings is 3. The average molecular weight is 428 g/mol. The zero-order valence-electron chi connectivity index (χ0n) is 18.4. The fourth-order valence-corrected chi connectivity index (χ4v) is 3.61. The Bertz CT molecular complexity index is 1240. The molecule has 5 heteroatoms. The lowest BCUT2D eigenvalue weighted by Gasteiger charge is -2.12. The van der Waals surface area contributed by atoms with Crippen molar-refractivity contribution in [2.24, 2.45) is 0 Å². The Morgan fingerprint density at radius 3 is 2.38 bits per heavy atom. The number of hydrogen-bond acceptors (Lipinski definition) is 5. The van der Waals surface area contributed by atoms with Crippen LogP contribution in [0.5, 0.6) is 11.5 Å². The second-order valence-corrected chi connectivity index (χ2v) is 7.73. The van der Waals surface area contributed by atoms with Crippen molar-refractivity contribution >= 4 is 5.78 Å². The van der Waals surface area contributed by atoms with E-state index in [2.05, 4.69) is 4.98 Å². The third-order valence-electron chi connectivity index (χ3n) is 5.11. The van der Waals surface area contributed by atoms with Gasteiger partial charge in [0.15, 0.2) is 5.78 Å². The Balaban J connectivity index is 1.39. The average Bonchev–Trinajstić information content (AvgIpc) is 3.25. The highest BCUT2D eigenvalue weighted by Gasteiger charge is 2.11. The van der Waals surface area contributed by atoms with Gasteiger partial charge >= 0.3 is 0 Å². The van der Waals surface area contributed by atoms with Gasteiger partial charge < -0.3 is 13.9 Å². The monoisotopic (exact) mass is 427 g/mol. The number of Topliss-reactive ketones (excluding diaryl/α,β-unsaturated/α-hetero) is 1. The third kappa shape index (κ3) is 5.06. The van der Waals surface area contributed by atoms with E-state index in [0.717, 1.165) is 27.8 Å². The maximum atomic E-state index is 12.0. The molecule has 0 N–H and O–H groups in total. The van der Waals surface area contributed by atoms with E-state index >= 15 is 0 Å². The number of rotatable bonds is 8. The Morgan fingerprint density at radius 2 is 1.62 bits per heavy atom. The van der Waals surface area contributed by atoms with Gasteiger partial charge in [0.05, 0.1) is 0 Å². The standard InChI is InChI=1S/C27H25NO4/c1-18-7-4-9-21(13-18)27-28-23(17-32-27)16-31-25-12-6-11-24(14-25)30-15-22-10-5-8-19(2)26(22)20(3)29/h4-14,17H,15-16H2,1-3H3. The van der Waals surface area contributed by atoms with Gasteiger partial charge in [0, 0.05) is 22.8 Å². The molecule has 1 aromatic heterocycles. The number of aryl methyl sites for hydroxylation is 2. The van der Waals surface area contributed by atoms with Gasteiger partial charge in [-0.2, -0.15) is 0 Å². The van der Waals surface area contributed by atoms with Gasteiger partial charge in [-0.3, -0.25) is 4.79 Å². The summed E-state index contributed by atoms with van der Waals surface area (Å²) in [6.45, 7) is 6.14. The van der Waals surface area contributed by atoms with E-state index in [0.29, 0.717) is 29.7 Å². The maximum Gasteiger partial charge on any atom is 0.226 e. The Kier molecular flexibility index (Phi) is 6.36. The zero-order chi connectivity index (χ0) is 22.5. The fourth-order valence-electron chi connectivity index (χ4n) is 3.61. The number of ketones is 1. The molecule has 0 saturated heterocycles. The number of nitrogens with zero attached hydrogens (tertiary/aromatic N) is 1. The molecular weight excluding hydrogens is 402 g/mol. The third-order valence-corrected chi connectivity index (χ3v) is 5.11. The maximum absolute atomic E-state index is 12.0. The molecule has 0 saturated carbocycles. The summed E-state index contributed by atoms with van der Waals surface area (Å²) in [7, 11) is 0. The van der Waals surface area contributed by atoms with Crippen LogP contribution in [-0.2, 0) is 13.2 Å². The van der Waals surface area contributed by atoms with Crippen molar-refractivity contribution in [1.82, 2.24) is 4.98 Å². The van der Waals surface area contributed by atoms with Gasteiger partial charge in [-0.1, -0.05) is 42.0 Å². The largest absolute Gasteiger partial charge is 0.489 e. The molecule has 4 aromatic rings. The molecule has 0 atom stereocenters. The summed E-state index contributed by atoms with van der Waals surface area (Å²) in [6.07, 6.45) is 1.61. The van der Waals surface area contributed by atoms with Crippen LogP contribution in [0.1, 0.15) is 39.7 Å². The minimum Gasteiger partial charge on any atom is -0.489 e. The normalized spacial score (nSPS) is 10.7. The number of hydrogen-bond donors (Lipinski definition) is 0. The van der Waals surface area contributed by atoms with Gasteiger partial charge in [0.1, 0.15) is 36.7 Å². The topological polar surface area (TPSA) is 61.6 Å². The molecule has 0 spiro atoms. The number of oxazole rings is 1. The van der Waals surface area contributed by atoms with Crippen molar-refractivity contribution in [3.05, 3.63) is 101 Å². The van der Waals surface area contributed by atoms with Gasteiger partial charge in [-0.25, -0.2) is 4.98 Å². The van der Waals surface area contributed by atoms with Crippen molar-refractivity contribution < 1.29 is 18.7 Å². The van der Waals surface area contributed by atoms with Crippen LogP contribution in [0, 0.1) is 13.8 Å². The molecule has 32 heavy (non-hydrogen) atoms. The first-order valence-electron chi connectivity index (χ1n) is 10.5. The molecule has 0 amide bonds. The first-order valence-corrected chi connectivity index (χ1v) is 10.5. The van der Waals surface area contributed by atoms with E-state index in [4.69, 9.17) is 13.9 Å². The summed E-state index contributed by atoms with van der Waals surface area (Å²) >= 11 is 0.